The summed E-state index contributed by atoms with van der Waals surface area (Å²) in [5.41, 5.74) is -0.0393. The Kier molecular flexibility index (Phi) is 5.94. The molecular weight excluding hydrogens is 253 g/mol. The summed E-state index contributed by atoms with van der Waals surface area (Å²) < 4.78 is 21.1. The van der Waals surface area contributed by atoms with Crippen LogP contribution in [0.1, 0.15) is 5.56 Å². The molecule has 8 heteroatoms. The smallest absolute Gasteiger partial charge is 0.768 e. The molecule has 1 atom stereocenters. The zero-order valence-corrected chi connectivity index (χ0v) is 11.6. The predicted molar refractivity (Wildman–Crippen MR) is 50.0 cm³/mol. The first kappa shape index (κ1) is 15.0. The van der Waals surface area contributed by atoms with E-state index in [1.54, 1.807) is 0 Å². The molecule has 0 saturated heterocycles. The van der Waals surface area contributed by atoms with Gasteiger partial charge in [0.2, 0.25) is 0 Å². The van der Waals surface area contributed by atoms with Crippen LogP contribution in [0, 0.1) is 17.0 Å². The van der Waals surface area contributed by atoms with E-state index in [1.165, 1.54) is 13.0 Å². The van der Waals surface area contributed by atoms with Crippen molar-refractivity contribution in [3.8, 4) is 0 Å². The largest absolute Gasteiger partial charge is 1.00 e. The van der Waals surface area contributed by atoms with E-state index in [0.29, 0.717) is 0 Å². The monoisotopic (exact) mass is 257 g/mol. The normalized spacial score (nSPS) is 11.7. The topological polar surface area (TPSA) is 83.3 Å². The molecule has 0 heterocycles. The number of rotatable bonds is 2. The van der Waals surface area contributed by atoms with Crippen molar-refractivity contribution in [1.82, 2.24) is 0 Å². The van der Waals surface area contributed by atoms with Crippen molar-refractivity contribution >= 4 is 28.4 Å². The molecule has 0 bridgehead atoms. The summed E-state index contributed by atoms with van der Waals surface area (Å²) in [6.07, 6.45) is 0. The zero-order valence-electron chi connectivity index (χ0n) is 8.02. The van der Waals surface area contributed by atoms with Crippen molar-refractivity contribution in [2.24, 2.45) is 0 Å². The maximum absolute atomic E-state index is 10.6. The molecule has 1 rings (SSSR count). The van der Waals surface area contributed by atoms with Crippen molar-refractivity contribution < 1.29 is 43.2 Å². The fourth-order valence-electron chi connectivity index (χ4n) is 0.926. The summed E-state index contributed by atoms with van der Waals surface area (Å²) in [6, 6.07) is 2.15. The van der Waals surface area contributed by atoms with Crippen LogP contribution in [0.3, 0.4) is 0 Å². The van der Waals surface area contributed by atoms with Crippen molar-refractivity contribution in [3.05, 3.63) is 32.8 Å². The second kappa shape index (κ2) is 5.93. The second-order valence-electron chi connectivity index (χ2n) is 2.54. The average Bonchev–Trinajstić information content (AvgIpc) is 2.08. The van der Waals surface area contributed by atoms with Crippen molar-refractivity contribution in [2.75, 3.05) is 0 Å². The first-order valence-corrected chi connectivity index (χ1v) is 4.92. The molecule has 1 aromatic carbocycles. The van der Waals surface area contributed by atoms with E-state index in [4.69, 9.17) is 11.6 Å². The Morgan fingerprint density at radius 2 is 2.00 bits per heavy atom. The van der Waals surface area contributed by atoms with Crippen LogP contribution in [-0.4, -0.2) is 13.7 Å². The molecule has 0 fully saturated rings. The Morgan fingerprint density at radius 1 is 1.47 bits per heavy atom. The Labute approximate surface area is 116 Å². The SMILES string of the molecule is Cc1c(Cl)cc(S(=O)[O-])cc1[N+](=O)[O-].[Na+]. The van der Waals surface area contributed by atoms with Gasteiger partial charge in [-0.2, -0.15) is 0 Å². The van der Waals surface area contributed by atoms with Crippen LogP contribution in [0.5, 0.6) is 0 Å². The molecule has 0 saturated carbocycles. The van der Waals surface area contributed by atoms with Gasteiger partial charge in [-0.05, 0) is 24.1 Å². The summed E-state index contributed by atoms with van der Waals surface area (Å²) in [5.74, 6) is 0. The van der Waals surface area contributed by atoms with E-state index in [9.17, 15) is 18.9 Å². The fraction of sp³-hybridized carbons (Fsp3) is 0.143. The Balaban J connectivity index is 0.00000196. The van der Waals surface area contributed by atoms with Crippen LogP contribution in [0.4, 0.5) is 5.69 Å². The van der Waals surface area contributed by atoms with Gasteiger partial charge in [0.25, 0.3) is 5.69 Å². The number of hydrogen-bond donors (Lipinski definition) is 0. The fourth-order valence-corrected chi connectivity index (χ4v) is 1.63. The van der Waals surface area contributed by atoms with Gasteiger partial charge in [-0.1, -0.05) is 11.6 Å². The number of nitro groups is 1. The van der Waals surface area contributed by atoms with Crippen LogP contribution in [0.2, 0.25) is 5.02 Å². The van der Waals surface area contributed by atoms with E-state index in [1.807, 2.05) is 0 Å². The molecule has 0 amide bonds. The molecule has 76 valence electrons. The minimum absolute atomic E-state index is 0. The number of nitro benzene ring substituents is 1. The van der Waals surface area contributed by atoms with E-state index < -0.39 is 16.0 Å². The van der Waals surface area contributed by atoms with Gasteiger partial charge >= 0.3 is 29.6 Å². The zero-order chi connectivity index (χ0) is 10.9. The quantitative estimate of drug-likeness (QED) is 0.288. The minimum Gasteiger partial charge on any atom is -0.768 e. The van der Waals surface area contributed by atoms with E-state index in [-0.39, 0.29) is 50.7 Å². The molecule has 5 nitrogen and oxygen atoms in total. The maximum atomic E-state index is 10.6. The molecule has 0 radical (unpaired) electrons. The summed E-state index contributed by atoms with van der Waals surface area (Å²) in [6.45, 7) is 1.46. The maximum Gasteiger partial charge on any atom is 1.00 e. The predicted octanol–water partition coefficient (Wildman–Crippen LogP) is -1.20. The Hall–Kier alpha value is 0.0200. The van der Waals surface area contributed by atoms with Gasteiger partial charge in [-0.15, -0.1) is 0 Å². The van der Waals surface area contributed by atoms with Crippen LogP contribution >= 0.6 is 11.6 Å². The van der Waals surface area contributed by atoms with Crippen LogP contribution in [0.25, 0.3) is 0 Å². The van der Waals surface area contributed by atoms with Gasteiger partial charge in [-0.25, -0.2) is 0 Å². The minimum atomic E-state index is -2.51. The second-order valence-corrected chi connectivity index (χ2v) is 3.89. The third kappa shape index (κ3) is 3.51. The Morgan fingerprint density at radius 3 is 2.40 bits per heavy atom. The molecule has 1 aromatic rings. The molecule has 0 spiro atoms. The first-order chi connectivity index (χ1) is 6.43. The molecule has 15 heavy (non-hydrogen) atoms. The van der Waals surface area contributed by atoms with E-state index in [2.05, 4.69) is 0 Å². The summed E-state index contributed by atoms with van der Waals surface area (Å²) >= 11 is 3.12. The molecule has 0 aromatic heterocycles. The number of nitrogens with zero attached hydrogens (tertiary/aromatic N) is 1. The number of hydrogen-bond acceptors (Lipinski definition) is 4. The molecule has 1 unspecified atom stereocenters. The molecule has 0 N–H and O–H groups in total. The van der Waals surface area contributed by atoms with E-state index >= 15 is 0 Å². The molecular formula is C7H5ClNNaO4S. The summed E-state index contributed by atoms with van der Waals surface area (Å²) in [7, 11) is 0. The first-order valence-electron chi connectivity index (χ1n) is 3.47. The van der Waals surface area contributed by atoms with Crippen LogP contribution < -0.4 is 29.6 Å². The molecule has 0 aliphatic heterocycles. The standard InChI is InChI=1S/C7H6ClNO4S.Na/c1-4-6(8)2-5(14(12)13)3-7(4)9(10)11;/h2-3H,1H3,(H,12,13);/q;+1/p-1. The van der Waals surface area contributed by atoms with Gasteiger partial charge in [0.15, 0.2) is 0 Å². The Bertz CT molecular complexity index is 426. The number of halogens is 1. The summed E-state index contributed by atoms with van der Waals surface area (Å²) in [4.78, 5) is 9.64. The van der Waals surface area contributed by atoms with E-state index in [0.717, 1.165) is 6.07 Å². The molecule has 0 aliphatic rings. The van der Waals surface area contributed by atoms with Gasteiger partial charge in [0.05, 0.1) is 9.95 Å². The third-order valence-electron chi connectivity index (χ3n) is 1.68. The van der Waals surface area contributed by atoms with Gasteiger partial charge < -0.3 is 4.55 Å². The van der Waals surface area contributed by atoms with Crippen LogP contribution in [-0.2, 0) is 11.1 Å². The average molecular weight is 258 g/mol. The van der Waals surface area contributed by atoms with Gasteiger partial charge in [0.1, 0.15) is 0 Å². The van der Waals surface area contributed by atoms with Gasteiger partial charge in [-0.3, -0.25) is 14.3 Å². The third-order valence-corrected chi connectivity index (χ3v) is 2.69. The van der Waals surface area contributed by atoms with Crippen LogP contribution in [0.15, 0.2) is 17.0 Å². The number of benzene rings is 1. The van der Waals surface area contributed by atoms with Crippen molar-refractivity contribution in [1.29, 1.82) is 0 Å². The molecule has 0 aliphatic carbocycles. The van der Waals surface area contributed by atoms with Crippen molar-refractivity contribution in [2.45, 2.75) is 11.8 Å². The summed E-state index contributed by atoms with van der Waals surface area (Å²) in [5, 5.41) is 10.6. The van der Waals surface area contributed by atoms with Crippen molar-refractivity contribution in [3.63, 3.8) is 0 Å². The van der Waals surface area contributed by atoms with Gasteiger partial charge in [0, 0.05) is 16.5 Å².